The Balaban J connectivity index is 1.62. The number of carbonyl (C=O) groups is 1. The highest BCUT2D eigenvalue weighted by molar-refractivity contribution is 5.84. The lowest BCUT2D eigenvalue weighted by Crippen LogP contribution is -2.50. The van der Waals surface area contributed by atoms with Crippen LogP contribution in [0.1, 0.15) is 49.6 Å². The van der Waals surface area contributed by atoms with Crippen LogP contribution < -0.4 is 5.32 Å². The van der Waals surface area contributed by atoms with Gasteiger partial charge in [0.2, 0.25) is 5.91 Å². The summed E-state index contributed by atoms with van der Waals surface area (Å²) in [4.78, 5) is 20.7. The van der Waals surface area contributed by atoms with Crippen LogP contribution in [0.5, 0.6) is 0 Å². The Bertz CT molecular complexity index is 822. The Labute approximate surface area is 168 Å². The van der Waals surface area contributed by atoms with Crippen molar-refractivity contribution in [2.75, 3.05) is 6.54 Å². The molecular formula is C24H31N3O. The van der Waals surface area contributed by atoms with Crippen molar-refractivity contribution in [3.05, 3.63) is 65.5 Å². The van der Waals surface area contributed by atoms with Crippen molar-refractivity contribution in [2.24, 2.45) is 5.41 Å². The van der Waals surface area contributed by atoms with E-state index >= 15 is 0 Å². The van der Waals surface area contributed by atoms with Gasteiger partial charge in [0.25, 0.3) is 0 Å². The van der Waals surface area contributed by atoms with Crippen LogP contribution >= 0.6 is 0 Å². The first-order valence-corrected chi connectivity index (χ1v) is 10.6. The molecule has 4 heteroatoms. The van der Waals surface area contributed by atoms with Gasteiger partial charge in [-0.1, -0.05) is 43.3 Å². The fourth-order valence-electron chi connectivity index (χ4n) is 5.31. The standard InChI is InChI=1S/C24H31N3O/c1-3-14-25-23(28)24(15-19-9-5-4-6-10-19)16-21-12-13-22(24)27(21)17-20-11-7-8-18(2)26-20/h4-11,21-22H,3,12-17H2,1-2H3,(H,25,28)/t21-,22+,24+/m0/s1. The van der Waals surface area contributed by atoms with Crippen LogP contribution in [-0.4, -0.2) is 34.4 Å². The topological polar surface area (TPSA) is 45.2 Å². The van der Waals surface area contributed by atoms with Crippen LogP contribution in [0.3, 0.4) is 0 Å². The molecule has 0 aliphatic carbocycles. The molecule has 0 radical (unpaired) electrons. The number of hydrogen-bond acceptors (Lipinski definition) is 3. The van der Waals surface area contributed by atoms with Crippen LogP contribution in [0.15, 0.2) is 48.5 Å². The minimum absolute atomic E-state index is 0.243. The van der Waals surface area contributed by atoms with Gasteiger partial charge in [-0.3, -0.25) is 14.7 Å². The van der Waals surface area contributed by atoms with Crippen molar-refractivity contribution in [1.82, 2.24) is 15.2 Å². The molecule has 1 N–H and O–H groups in total. The van der Waals surface area contributed by atoms with E-state index in [9.17, 15) is 4.79 Å². The van der Waals surface area contributed by atoms with Crippen LogP contribution in [0.4, 0.5) is 0 Å². The molecule has 1 aromatic heterocycles. The second kappa shape index (κ2) is 8.04. The number of nitrogens with zero attached hydrogens (tertiary/aromatic N) is 2. The van der Waals surface area contributed by atoms with Gasteiger partial charge in [-0.25, -0.2) is 0 Å². The van der Waals surface area contributed by atoms with Gasteiger partial charge in [-0.05, 0) is 56.7 Å². The molecule has 2 aliphatic heterocycles. The number of pyridine rings is 1. The maximum absolute atomic E-state index is 13.4. The zero-order valence-electron chi connectivity index (χ0n) is 17.0. The van der Waals surface area contributed by atoms with E-state index in [1.165, 1.54) is 12.0 Å². The number of amides is 1. The quantitative estimate of drug-likeness (QED) is 0.796. The third-order valence-electron chi connectivity index (χ3n) is 6.52. The summed E-state index contributed by atoms with van der Waals surface area (Å²) < 4.78 is 0. The number of hydrogen-bond donors (Lipinski definition) is 1. The lowest BCUT2D eigenvalue weighted by molar-refractivity contribution is -0.133. The van der Waals surface area contributed by atoms with E-state index in [0.717, 1.165) is 50.2 Å². The zero-order chi connectivity index (χ0) is 19.6. The second-order valence-corrected chi connectivity index (χ2v) is 8.47. The highest BCUT2D eigenvalue weighted by Crippen LogP contribution is 2.52. The summed E-state index contributed by atoms with van der Waals surface area (Å²) in [6.45, 7) is 5.75. The lowest BCUT2D eigenvalue weighted by atomic mass is 9.69. The number of nitrogens with one attached hydrogen (secondary N) is 1. The first-order chi connectivity index (χ1) is 13.6. The van der Waals surface area contributed by atoms with Crippen LogP contribution in [0.2, 0.25) is 0 Å². The molecule has 0 unspecified atom stereocenters. The van der Waals surface area contributed by atoms with Gasteiger partial charge < -0.3 is 5.32 Å². The minimum Gasteiger partial charge on any atom is -0.356 e. The van der Waals surface area contributed by atoms with E-state index in [1.54, 1.807) is 0 Å². The van der Waals surface area contributed by atoms with Crippen molar-refractivity contribution < 1.29 is 4.79 Å². The normalized spacial score (nSPS) is 26.5. The molecular weight excluding hydrogens is 346 g/mol. The SMILES string of the molecule is CCCNC(=O)[C@]1(Cc2ccccc2)C[C@@H]2CC[C@H]1N2Cc1cccc(C)n1. The summed E-state index contributed by atoms with van der Waals surface area (Å²) in [7, 11) is 0. The van der Waals surface area contributed by atoms with Crippen molar-refractivity contribution in [3.8, 4) is 0 Å². The fourth-order valence-corrected chi connectivity index (χ4v) is 5.31. The highest BCUT2D eigenvalue weighted by Gasteiger charge is 2.59. The predicted molar refractivity (Wildman–Crippen MR) is 112 cm³/mol. The zero-order valence-corrected chi connectivity index (χ0v) is 17.0. The maximum Gasteiger partial charge on any atom is 0.228 e. The van der Waals surface area contributed by atoms with Crippen LogP contribution in [-0.2, 0) is 17.8 Å². The first kappa shape index (κ1) is 19.1. The van der Waals surface area contributed by atoms with Crippen molar-refractivity contribution in [1.29, 1.82) is 0 Å². The van der Waals surface area contributed by atoms with Crippen molar-refractivity contribution >= 4 is 5.91 Å². The molecule has 148 valence electrons. The Morgan fingerprint density at radius 3 is 2.75 bits per heavy atom. The van der Waals surface area contributed by atoms with E-state index in [0.29, 0.717) is 6.04 Å². The molecule has 3 atom stereocenters. The monoisotopic (exact) mass is 377 g/mol. The summed E-state index contributed by atoms with van der Waals surface area (Å²) in [5, 5.41) is 3.23. The van der Waals surface area contributed by atoms with Gasteiger partial charge >= 0.3 is 0 Å². The smallest absolute Gasteiger partial charge is 0.228 e. The molecule has 2 aliphatic rings. The molecule has 2 fully saturated rings. The fraction of sp³-hybridized carbons (Fsp3) is 0.500. The van der Waals surface area contributed by atoms with E-state index in [-0.39, 0.29) is 17.4 Å². The average molecular weight is 378 g/mol. The molecule has 0 spiro atoms. The Morgan fingerprint density at radius 2 is 2.00 bits per heavy atom. The van der Waals surface area contributed by atoms with Gasteiger partial charge in [0.1, 0.15) is 0 Å². The van der Waals surface area contributed by atoms with E-state index in [1.807, 2.05) is 19.1 Å². The number of fused-ring (bicyclic) bond motifs is 2. The molecule has 4 nitrogen and oxygen atoms in total. The van der Waals surface area contributed by atoms with Gasteiger partial charge in [0.15, 0.2) is 0 Å². The summed E-state index contributed by atoms with van der Waals surface area (Å²) in [5.74, 6) is 0.243. The summed E-state index contributed by atoms with van der Waals surface area (Å²) in [6.07, 6.45) is 5.03. The van der Waals surface area contributed by atoms with Gasteiger partial charge in [0.05, 0.1) is 11.1 Å². The molecule has 2 bridgehead atoms. The van der Waals surface area contributed by atoms with Gasteiger partial charge in [-0.15, -0.1) is 0 Å². The predicted octanol–water partition coefficient (Wildman–Crippen LogP) is 3.88. The minimum atomic E-state index is -0.330. The summed E-state index contributed by atoms with van der Waals surface area (Å²) in [5.41, 5.74) is 3.10. The Kier molecular flexibility index (Phi) is 5.49. The summed E-state index contributed by atoms with van der Waals surface area (Å²) in [6, 6.07) is 17.5. The van der Waals surface area contributed by atoms with E-state index in [4.69, 9.17) is 4.98 Å². The van der Waals surface area contributed by atoms with Gasteiger partial charge in [-0.2, -0.15) is 0 Å². The van der Waals surface area contributed by atoms with Crippen molar-refractivity contribution in [3.63, 3.8) is 0 Å². The van der Waals surface area contributed by atoms with Gasteiger partial charge in [0, 0.05) is 30.9 Å². The molecule has 4 rings (SSSR count). The number of benzene rings is 1. The number of carbonyl (C=O) groups excluding carboxylic acids is 1. The molecule has 2 aromatic rings. The summed E-state index contributed by atoms with van der Waals surface area (Å²) >= 11 is 0. The van der Waals surface area contributed by atoms with E-state index < -0.39 is 0 Å². The number of aryl methyl sites for hydroxylation is 1. The van der Waals surface area contributed by atoms with E-state index in [2.05, 4.69) is 53.5 Å². The average Bonchev–Trinajstić information content (AvgIpc) is 3.22. The van der Waals surface area contributed by atoms with Crippen molar-refractivity contribution in [2.45, 2.75) is 64.6 Å². The maximum atomic E-state index is 13.4. The molecule has 1 amide bonds. The molecule has 3 heterocycles. The lowest BCUT2D eigenvalue weighted by Gasteiger charge is -2.36. The highest BCUT2D eigenvalue weighted by atomic mass is 16.2. The molecule has 0 saturated carbocycles. The second-order valence-electron chi connectivity index (χ2n) is 8.47. The van der Waals surface area contributed by atoms with Crippen LogP contribution in [0.25, 0.3) is 0 Å². The Hall–Kier alpha value is -2.20. The third-order valence-corrected chi connectivity index (χ3v) is 6.52. The molecule has 1 aromatic carbocycles. The first-order valence-electron chi connectivity index (χ1n) is 10.6. The largest absolute Gasteiger partial charge is 0.356 e. The van der Waals surface area contributed by atoms with Crippen LogP contribution in [0, 0.1) is 12.3 Å². The molecule has 2 saturated heterocycles. The third kappa shape index (κ3) is 3.58. The number of aromatic nitrogens is 1. The number of rotatable bonds is 7. The Morgan fingerprint density at radius 1 is 1.18 bits per heavy atom. The molecule has 28 heavy (non-hydrogen) atoms.